The molecule has 0 saturated heterocycles. The Kier molecular flexibility index (Phi) is 7.71. The van der Waals surface area contributed by atoms with E-state index in [0.717, 1.165) is 4.88 Å². The first-order valence-electron chi connectivity index (χ1n) is 6.92. The van der Waals surface area contributed by atoms with E-state index in [4.69, 9.17) is 5.11 Å². The van der Waals surface area contributed by atoms with Gasteiger partial charge in [-0.15, -0.1) is 17.9 Å². The molecule has 0 radical (unpaired) electrons. The second kappa shape index (κ2) is 9.31. The number of rotatable bonds is 10. The molecule has 6 heteroatoms. The first-order chi connectivity index (χ1) is 10.1. The Hall–Kier alpha value is -1.66. The molecule has 21 heavy (non-hydrogen) atoms. The minimum atomic E-state index is -0.845. The third kappa shape index (κ3) is 6.55. The van der Waals surface area contributed by atoms with Crippen LogP contribution in [0.2, 0.25) is 0 Å². The zero-order chi connectivity index (χ0) is 15.7. The maximum atomic E-state index is 12.4. The van der Waals surface area contributed by atoms with E-state index in [1.807, 2.05) is 29.3 Å². The summed E-state index contributed by atoms with van der Waals surface area (Å²) in [6, 6.07) is 3.96. The van der Waals surface area contributed by atoms with Crippen LogP contribution in [-0.4, -0.2) is 53.0 Å². The number of nitrogens with zero attached hydrogens (tertiary/aromatic N) is 2. The summed E-state index contributed by atoms with van der Waals surface area (Å²) in [4.78, 5) is 27.7. The van der Waals surface area contributed by atoms with Crippen molar-refractivity contribution < 1.29 is 14.7 Å². The van der Waals surface area contributed by atoms with E-state index in [1.165, 1.54) is 0 Å². The minimum absolute atomic E-state index is 0.00413. The Morgan fingerprint density at radius 1 is 1.48 bits per heavy atom. The van der Waals surface area contributed by atoms with E-state index in [1.54, 1.807) is 22.3 Å². The quantitative estimate of drug-likeness (QED) is 0.672. The van der Waals surface area contributed by atoms with Crippen LogP contribution in [0.15, 0.2) is 30.2 Å². The van der Waals surface area contributed by atoms with Crippen molar-refractivity contribution in [3.63, 3.8) is 0 Å². The number of carbonyl (C=O) groups excluding carboxylic acids is 1. The number of hydrogen-bond acceptors (Lipinski definition) is 4. The molecule has 0 aromatic carbocycles. The van der Waals surface area contributed by atoms with Gasteiger partial charge >= 0.3 is 5.97 Å². The van der Waals surface area contributed by atoms with E-state index >= 15 is 0 Å². The second-order valence-corrected chi connectivity index (χ2v) is 5.69. The molecule has 0 aliphatic carbocycles. The first kappa shape index (κ1) is 17.4. The van der Waals surface area contributed by atoms with Crippen molar-refractivity contribution in [2.75, 3.05) is 26.2 Å². The number of aliphatic carboxylic acids is 1. The molecule has 1 N–H and O–H groups in total. The number of carbonyl (C=O) groups is 2. The predicted molar refractivity (Wildman–Crippen MR) is 84.3 cm³/mol. The van der Waals surface area contributed by atoms with Crippen LogP contribution in [0.3, 0.4) is 0 Å². The van der Waals surface area contributed by atoms with Crippen LogP contribution >= 0.6 is 11.3 Å². The average molecular weight is 310 g/mol. The van der Waals surface area contributed by atoms with Crippen LogP contribution in [0.1, 0.15) is 18.2 Å². The summed E-state index contributed by atoms with van der Waals surface area (Å²) in [6.07, 6.45) is 1.76. The van der Waals surface area contributed by atoms with Gasteiger partial charge in [0.25, 0.3) is 0 Å². The molecule has 1 rings (SSSR count). The van der Waals surface area contributed by atoms with Crippen molar-refractivity contribution in [1.29, 1.82) is 0 Å². The topological polar surface area (TPSA) is 60.9 Å². The molecule has 5 nitrogen and oxygen atoms in total. The lowest BCUT2D eigenvalue weighted by Gasteiger charge is -2.25. The molecule has 1 heterocycles. The molecule has 0 aliphatic rings. The highest BCUT2D eigenvalue weighted by Crippen LogP contribution is 2.12. The van der Waals surface area contributed by atoms with Crippen molar-refractivity contribution in [3.05, 3.63) is 35.0 Å². The van der Waals surface area contributed by atoms with E-state index < -0.39 is 5.97 Å². The van der Waals surface area contributed by atoms with Crippen molar-refractivity contribution in [3.8, 4) is 0 Å². The van der Waals surface area contributed by atoms with E-state index in [-0.39, 0.29) is 18.9 Å². The Morgan fingerprint density at radius 3 is 2.76 bits per heavy atom. The molecule has 0 spiro atoms. The number of likely N-dealkylation sites (N-methyl/N-ethyl adjacent to an activating group) is 1. The SMILES string of the molecule is C=CCN(Cc1cccs1)C(=O)CN(CC)CCC(=O)O. The molecule has 116 valence electrons. The molecule has 0 unspecified atom stereocenters. The van der Waals surface area contributed by atoms with Gasteiger partial charge in [0.05, 0.1) is 19.5 Å². The molecule has 1 aromatic rings. The largest absolute Gasteiger partial charge is 0.481 e. The first-order valence-corrected chi connectivity index (χ1v) is 7.80. The number of amides is 1. The van der Waals surface area contributed by atoms with Crippen LogP contribution in [0.25, 0.3) is 0 Å². The van der Waals surface area contributed by atoms with Gasteiger partial charge in [0.1, 0.15) is 0 Å². The van der Waals surface area contributed by atoms with Crippen molar-refractivity contribution in [2.24, 2.45) is 0 Å². The fourth-order valence-corrected chi connectivity index (χ4v) is 2.61. The van der Waals surface area contributed by atoms with Crippen LogP contribution in [0.4, 0.5) is 0 Å². The summed E-state index contributed by atoms with van der Waals surface area (Å²) < 4.78 is 0. The summed E-state index contributed by atoms with van der Waals surface area (Å²) in [7, 11) is 0. The Morgan fingerprint density at radius 2 is 2.24 bits per heavy atom. The Bertz CT molecular complexity index is 459. The normalized spacial score (nSPS) is 10.6. The number of hydrogen-bond donors (Lipinski definition) is 1. The third-order valence-corrected chi connectivity index (χ3v) is 3.94. The molecular formula is C15H22N2O3S. The molecule has 0 bridgehead atoms. The van der Waals surface area contributed by atoms with E-state index in [0.29, 0.717) is 26.2 Å². The number of carboxylic acids is 1. The molecular weight excluding hydrogens is 288 g/mol. The van der Waals surface area contributed by atoms with Gasteiger partial charge in [-0.25, -0.2) is 0 Å². The third-order valence-electron chi connectivity index (χ3n) is 3.08. The minimum Gasteiger partial charge on any atom is -0.481 e. The smallest absolute Gasteiger partial charge is 0.304 e. The average Bonchev–Trinajstić information content (AvgIpc) is 2.95. The maximum absolute atomic E-state index is 12.4. The second-order valence-electron chi connectivity index (χ2n) is 4.65. The summed E-state index contributed by atoms with van der Waals surface area (Å²) in [5.41, 5.74) is 0. The summed E-state index contributed by atoms with van der Waals surface area (Å²) in [5.74, 6) is -0.849. The van der Waals surface area contributed by atoms with E-state index in [2.05, 4.69) is 6.58 Å². The molecule has 1 aromatic heterocycles. The molecule has 0 aliphatic heterocycles. The summed E-state index contributed by atoms with van der Waals surface area (Å²) >= 11 is 1.61. The number of carboxylic acid groups (broad SMARTS) is 1. The maximum Gasteiger partial charge on any atom is 0.304 e. The molecule has 0 fully saturated rings. The highest BCUT2D eigenvalue weighted by Gasteiger charge is 2.17. The van der Waals surface area contributed by atoms with Gasteiger partial charge in [-0.3, -0.25) is 14.5 Å². The fourth-order valence-electron chi connectivity index (χ4n) is 1.90. The zero-order valence-electron chi connectivity index (χ0n) is 12.3. The van der Waals surface area contributed by atoms with Crippen molar-refractivity contribution >= 4 is 23.2 Å². The molecule has 0 saturated carbocycles. The van der Waals surface area contributed by atoms with Gasteiger partial charge < -0.3 is 10.0 Å². The predicted octanol–water partition coefficient (Wildman–Crippen LogP) is 2.06. The van der Waals surface area contributed by atoms with Crippen LogP contribution in [-0.2, 0) is 16.1 Å². The number of thiophene rings is 1. The molecule has 0 atom stereocenters. The van der Waals surface area contributed by atoms with Gasteiger partial charge in [-0.2, -0.15) is 0 Å². The van der Waals surface area contributed by atoms with Crippen molar-refractivity contribution in [1.82, 2.24) is 9.80 Å². The molecule has 1 amide bonds. The highest BCUT2D eigenvalue weighted by atomic mass is 32.1. The van der Waals surface area contributed by atoms with Crippen LogP contribution < -0.4 is 0 Å². The van der Waals surface area contributed by atoms with Gasteiger partial charge in [0.2, 0.25) is 5.91 Å². The summed E-state index contributed by atoms with van der Waals surface area (Å²) in [6.45, 7) is 7.95. The highest BCUT2D eigenvalue weighted by molar-refractivity contribution is 7.09. The lowest BCUT2D eigenvalue weighted by molar-refractivity contribution is -0.138. The fraction of sp³-hybridized carbons (Fsp3) is 0.467. The Labute approximate surface area is 129 Å². The van der Waals surface area contributed by atoms with Crippen LogP contribution in [0.5, 0.6) is 0 Å². The van der Waals surface area contributed by atoms with Gasteiger partial charge in [-0.05, 0) is 18.0 Å². The lowest BCUT2D eigenvalue weighted by atomic mass is 10.3. The van der Waals surface area contributed by atoms with Gasteiger partial charge in [0.15, 0.2) is 0 Å². The lowest BCUT2D eigenvalue weighted by Crippen LogP contribution is -2.40. The Balaban J connectivity index is 2.58. The monoisotopic (exact) mass is 310 g/mol. The van der Waals surface area contributed by atoms with Crippen molar-refractivity contribution in [2.45, 2.75) is 19.9 Å². The van der Waals surface area contributed by atoms with E-state index in [9.17, 15) is 9.59 Å². The van der Waals surface area contributed by atoms with Crippen LogP contribution in [0, 0.1) is 0 Å². The summed E-state index contributed by atoms with van der Waals surface area (Å²) in [5, 5.41) is 10.7. The van der Waals surface area contributed by atoms with Gasteiger partial charge in [-0.1, -0.05) is 19.1 Å². The standard InChI is InChI=1S/C15H22N2O3S/c1-3-8-17(11-13-6-5-10-21-13)14(18)12-16(4-2)9-7-15(19)20/h3,5-6,10H,1,4,7-9,11-12H2,2H3,(H,19,20). The van der Waals surface area contributed by atoms with Gasteiger partial charge in [0, 0.05) is 18.0 Å². The zero-order valence-corrected chi connectivity index (χ0v) is 13.1.